The molecule has 0 saturated carbocycles. The Morgan fingerprint density at radius 1 is 1.41 bits per heavy atom. The molecule has 1 fully saturated rings. The minimum absolute atomic E-state index is 0.0251. The predicted molar refractivity (Wildman–Crippen MR) is 68.6 cm³/mol. The zero-order valence-corrected chi connectivity index (χ0v) is 11.3. The molecule has 0 aliphatic carbocycles. The van der Waals surface area contributed by atoms with Crippen molar-refractivity contribution in [1.29, 1.82) is 0 Å². The van der Waals surface area contributed by atoms with E-state index in [1.165, 1.54) is 0 Å². The molecule has 1 aliphatic rings. The topological polar surface area (TPSA) is 55.6 Å². The lowest BCUT2D eigenvalue weighted by Gasteiger charge is -2.33. The number of ether oxygens (including phenoxy) is 1. The summed E-state index contributed by atoms with van der Waals surface area (Å²) in [6, 6.07) is 0.331. The van der Waals surface area contributed by atoms with Crippen LogP contribution in [0.1, 0.15) is 33.1 Å². The minimum atomic E-state index is -0.0251. The van der Waals surface area contributed by atoms with Gasteiger partial charge in [-0.25, -0.2) is 0 Å². The molecule has 100 valence electrons. The Kier molecular flexibility index (Phi) is 5.92. The lowest BCUT2D eigenvalue weighted by Crippen LogP contribution is -2.45. The number of amides is 1. The molecule has 1 saturated heterocycles. The van der Waals surface area contributed by atoms with Crippen LogP contribution in [0.5, 0.6) is 0 Å². The Morgan fingerprint density at radius 3 is 2.47 bits per heavy atom. The Bertz CT molecular complexity index is 238. The minimum Gasteiger partial charge on any atom is -0.381 e. The van der Waals surface area contributed by atoms with Gasteiger partial charge in [-0.3, -0.25) is 4.79 Å². The van der Waals surface area contributed by atoms with Gasteiger partial charge in [-0.1, -0.05) is 13.8 Å². The summed E-state index contributed by atoms with van der Waals surface area (Å²) in [6.07, 6.45) is 2.77. The van der Waals surface area contributed by atoms with E-state index >= 15 is 0 Å². The summed E-state index contributed by atoms with van der Waals surface area (Å²) in [5.41, 5.74) is 5.72. The third kappa shape index (κ3) is 4.28. The summed E-state index contributed by atoms with van der Waals surface area (Å²) in [5, 5.41) is 0. The molecule has 1 rings (SSSR count). The van der Waals surface area contributed by atoms with Gasteiger partial charge in [0.15, 0.2) is 0 Å². The van der Waals surface area contributed by atoms with Gasteiger partial charge in [0.2, 0.25) is 5.91 Å². The second kappa shape index (κ2) is 6.97. The molecule has 4 nitrogen and oxygen atoms in total. The van der Waals surface area contributed by atoms with Crippen LogP contribution in [0.15, 0.2) is 0 Å². The van der Waals surface area contributed by atoms with Crippen molar-refractivity contribution in [2.75, 3.05) is 26.8 Å². The monoisotopic (exact) mass is 242 g/mol. The van der Waals surface area contributed by atoms with Gasteiger partial charge in [0.05, 0.1) is 5.92 Å². The molecule has 1 atom stereocenters. The summed E-state index contributed by atoms with van der Waals surface area (Å²) in [6.45, 7) is 6.23. The second-order valence-corrected chi connectivity index (χ2v) is 5.35. The van der Waals surface area contributed by atoms with Crippen molar-refractivity contribution in [1.82, 2.24) is 4.90 Å². The normalized spacial score (nSPS) is 19.4. The highest BCUT2D eigenvalue weighted by Crippen LogP contribution is 2.18. The Balaban J connectivity index is 2.53. The zero-order chi connectivity index (χ0) is 12.8. The van der Waals surface area contributed by atoms with Crippen LogP contribution >= 0.6 is 0 Å². The Morgan fingerprint density at radius 2 is 2.00 bits per heavy atom. The standard InChI is InChI=1S/C13H26N2O2/c1-10(2)8-11(9-14)13(16)15(3)12-4-6-17-7-5-12/h10-12H,4-9,14H2,1-3H3. The average Bonchev–Trinajstić information content (AvgIpc) is 2.35. The van der Waals surface area contributed by atoms with Crippen molar-refractivity contribution in [2.45, 2.75) is 39.2 Å². The van der Waals surface area contributed by atoms with Crippen molar-refractivity contribution in [2.24, 2.45) is 17.6 Å². The molecule has 0 aromatic carbocycles. The molecular formula is C13H26N2O2. The number of carbonyl (C=O) groups excluding carboxylic acids is 1. The van der Waals surface area contributed by atoms with Crippen LogP contribution in [0.3, 0.4) is 0 Å². The largest absolute Gasteiger partial charge is 0.381 e. The van der Waals surface area contributed by atoms with E-state index in [0.29, 0.717) is 18.5 Å². The summed E-state index contributed by atoms with van der Waals surface area (Å²) in [4.78, 5) is 14.2. The second-order valence-electron chi connectivity index (χ2n) is 5.35. The Hall–Kier alpha value is -0.610. The number of rotatable bonds is 5. The van der Waals surface area contributed by atoms with Gasteiger partial charge < -0.3 is 15.4 Å². The van der Waals surface area contributed by atoms with Gasteiger partial charge in [0.1, 0.15) is 0 Å². The van der Waals surface area contributed by atoms with E-state index in [-0.39, 0.29) is 11.8 Å². The van der Waals surface area contributed by atoms with Crippen LogP contribution in [0.2, 0.25) is 0 Å². The highest BCUT2D eigenvalue weighted by atomic mass is 16.5. The van der Waals surface area contributed by atoms with Crippen molar-refractivity contribution >= 4 is 5.91 Å². The fraction of sp³-hybridized carbons (Fsp3) is 0.923. The number of nitrogens with zero attached hydrogens (tertiary/aromatic N) is 1. The molecule has 1 amide bonds. The first-order valence-corrected chi connectivity index (χ1v) is 6.60. The SMILES string of the molecule is CC(C)CC(CN)C(=O)N(C)C1CCOCC1. The molecule has 2 N–H and O–H groups in total. The molecule has 1 aliphatic heterocycles. The fourth-order valence-electron chi connectivity index (χ4n) is 2.41. The van der Waals surface area contributed by atoms with Crippen LogP contribution in [0, 0.1) is 11.8 Å². The van der Waals surface area contributed by atoms with Crippen LogP contribution < -0.4 is 5.73 Å². The molecule has 4 heteroatoms. The third-order valence-electron chi connectivity index (χ3n) is 3.48. The first kappa shape index (κ1) is 14.5. The maximum Gasteiger partial charge on any atom is 0.226 e. The number of nitrogens with two attached hydrogens (primary N) is 1. The fourth-order valence-corrected chi connectivity index (χ4v) is 2.41. The summed E-state index contributed by atoms with van der Waals surface area (Å²) >= 11 is 0. The van der Waals surface area contributed by atoms with E-state index in [0.717, 1.165) is 32.5 Å². The molecule has 0 spiro atoms. The average molecular weight is 242 g/mol. The van der Waals surface area contributed by atoms with Crippen LogP contribution in [0.25, 0.3) is 0 Å². The van der Waals surface area contributed by atoms with Gasteiger partial charge in [-0.15, -0.1) is 0 Å². The quantitative estimate of drug-likeness (QED) is 0.789. The first-order chi connectivity index (χ1) is 8.06. The van der Waals surface area contributed by atoms with Crippen molar-refractivity contribution in [3.05, 3.63) is 0 Å². The van der Waals surface area contributed by atoms with Crippen molar-refractivity contribution in [3.63, 3.8) is 0 Å². The van der Waals surface area contributed by atoms with E-state index in [1.54, 1.807) is 0 Å². The summed E-state index contributed by atoms with van der Waals surface area (Å²) < 4.78 is 5.32. The summed E-state index contributed by atoms with van der Waals surface area (Å²) in [5.74, 6) is 0.687. The highest BCUT2D eigenvalue weighted by Gasteiger charge is 2.27. The molecule has 1 heterocycles. The van der Waals surface area contributed by atoms with E-state index in [4.69, 9.17) is 10.5 Å². The molecule has 0 aromatic heterocycles. The van der Waals surface area contributed by atoms with Crippen LogP contribution in [0.4, 0.5) is 0 Å². The molecule has 1 unspecified atom stereocenters. The first-order valence-electron chi connectivity index (χ1n) is 6.60. The van der Waals surface area contributed by atoms with Crippen molar-refractivity contribution < 1.29 is 9.53 Å². The number of carbonyl (C=O) groups is 1. The molecule has 0 aromatic rings. The maximum absolute atomic E-state index is 12.3. The number of hydrogen-bond donors (Lipinski definition) is 1. The van der Waals surface area contributed by atoms with E-state index in [1.807, 2.05) is 11.9 Å². The lowest BCUT2D eigenvalue weighted by atomic mass is 9.95. The van der Waals surface area contributed by atoms with Gasteiger partial charge in [-0.2, -0.15) is 0 Å². The highest BCUT2D eigenvalue weighted by molar-refractivity contribution is 5.79. The van der Waals surface area contributed by atoms with Crippen LogP contribution in [-0.4, -0.2) is 43.7 Å². The van der Waals surface area contributed by atoms with Gasteiger partial charge >= 0.3 is 0 Å². The number of hydrogen-bond acceptors (Lipinski definition) is 3. The molecule has 17 heavy (non-hydrogen) atoms. The smallest absolute Gasteiger partial charge is 0.226 e. The van der Waals surface area contributed by atoms with Crippen molar-refractivity contribution in [3.8, 4) is 0 Å². The van der Waals surface area contributed by atoms with Gasteiger partial charge in [0, 0.05) is 32.8 Å². The molecular weight excluding hydrogens is 216 g/mol. The molecule has 0 radical (unpaired) electrons. The van der Waals surface area contributed by atoms with Gasteiger partial charge in [-0.05, 0) is 25.2 Å². The van der Waals surface area contributed by atoms with Crippen LogP contribution in [-0.2, 0) is 9.53 Å². The van der Waals surface area contributed by atoms with E-state index in [9.17, 15) is 4.79 Å². The third-order valence-corrected chi connectivity index (χ3v) is 3.48. The predicted octanol–water partition coefficient (Wildman–Crippen LogP) is 1.24. The zero-order valence-electron chi connectivity index (χ0n) is 11.3. The Labute approximate surface area is 104 Å². The lowest BCUT2D eigenvalue weighted by molar-refractivity contribution is -0.138. The van der Waals surface area contributed by atoms with Gasteiger partial charge in [0.25, 0.3) is 0 Å². The van der Waals surface area contributed by atoms with E-state index < -0.39 is 0 Å². The maximum atomic E-state index is 12.3. The molecule has 0 bridgehead atoms. The summed E-state index contributed by atoms with van der Waals surface area (Å²) in [7, 11) is 1.90. The van der Waals surface area contributed by atoms with E-state index in [2.05, 4.69) is 13.8 Å².